The van der Waals surface area contributed by atoms with E-state index in [-0.39, 0.29) is 12.1 Å². The molecule has 0 heterocycles. The van der Waals surface area contributed by atoms with Gasteiger partial charge in [0.25, 0.3) is 0 Å². The molecule has 0 N–H and O–H groups in total. The van der Waals surface area contributed by atoms with Gasteiger partial charge in [-0.05, 0) is 59.0 Å². The summed E-state index contributed by atoms with van der Waals surface area (Å²) in [6.45, 7) is 1.82. The van der Waals surface area contributed by atoms with Crippen LogP contribution >= 0.6 is 22.6 Å². The Morgan fingerprint density at radius 2 is 2.17 bits per heavy atom. The second-order valence-electron chi connectivity index (χ2n) is 4.53. The molecule has 1 aromatic carbocycles. The van der Waals surface area contributed by atoms with Crippen LogP contribution in [0.3, 0.4) is 0 Å². The van der Waals surface area contributed by atoms with Gasteiger partial charge in [-0.1, -0.05) is 13.0 Å². The normalized spacial score (nSPS) is 22.2. The highest BCUT2D eigenvalue weighted by molar-refractivity contribution is 14.1. The third kappa shape index (κ3) is 2.96. The Balaban J connectivity index is 1.92. The van der Waals surface area contributed by atoms with Crippen molar-refractivity contribution in [3.05, 3.63) is 27.3 Å². The minimum atomic E-state index is -0.0947. The number of carbonyl (C=O) groups excluding carboxylic acids is 1. The zero-order valence-corrected chi connectivity index (χ0v) is 12.8. The van der Waals surface area contributed by atoms with Crippen LogP contribution in [0.25, 0.3) is 0 Å². The summed E-state index contributed by atoms with van der Waals surface area (Å²) in [5, 5.41) is 0. The van der Waals surface area contributed by atoms with E-state index in [1.807, 2.05) is 13.0 Å². The monoisotopic (exact) mass is 360 g/mol. The fourth-order valence-electron chi connectivity index (χ4n) is 2.14. The molecule has 3 nitrogen and oxygen atoms in total. The summed E-state index contributed by atoms with van der Waals surface area (Å²) < 4.78 is 11.7. The quantitative estimate of drug-likeness (QED) is 0.609. The van der Waals surface area contributed by atoms with Crippen molar-refractivity contribution in [1.29, 1.82) is 0 Å². The SMILES string of the molecule is CCC(=O)OC1CC(c2ccc(OC)c(I)c2)C1. The van der Waals surface area contributed by atoms with Gasteiger partial charge in [0, 0.05) is 6.42 Å². The molecule has 1 saturated carbocycles. The fraction of sp³-hybridized carbons (Fsp3) is 0.500. The van der Waals surface area contributed by atoms with Crippen molar-refractivity contribution in [3.8, 4) is 5.75 Å². The first kappa shape index (κ1) is 13.6. The number of rotatable bonds is 4. The Bertz CT molecular complexity index is 439. The molecular weight excluding hydrogens is 343 g/mol. The highest BCUT2D eigenvalue weighted by Crippen LogP contribution is 2.40. The van der Waals surface area contributed by atoms with Gasteiger partial charge in [0.05, 0.1) is 10.7 Å². The molecule has 0 aliphatic heterocycles. The van der Waals surface area contributed by atoms with Crippen LogP contribution in [0.5, 0.6) is 5.75 Å². The molecule has 0 saturated heterocycles. The highest BCUT2D eigenvalue weighted by atomic mass is 127. The first-order valence-corrected chi connectivity index (χ1v) is 7.24. The van der Waals surface area contributed by atoms with Gasteiger partial charge in [0.2, 0.25) is 0 Å². The molecule has 0 atom stereocenters. The molecule has 0 unspecified atom stereocenters. The van der Waals surface area contributed by atoms with Gasteiger partial charge in [-0.2, -0.15) is 0 Å². The zero-order valence-electron chi connectivity index (χ0n) is 10.6. The number of carbonyl (C=O) groups is 1. The third-order valence-corrected chi connectivity index (χ3v) is 4.17. The molecule has 0 spiro atoms. The Kier molecular flexibility index (Phi) is 4.48. The molecule has 98 valence electrons. The minimum absolute atomic E-state index is 0.0947. The standard InChI is InChI=1S/C14H17IO3/c1-3-14(16)18-11-6-10(7-11)9-4-5-13(17-2)12(15)8-9/h4-5,8,10-11H,3,6-7H2,1-2H3. The van der Waals surface area contributed by atoms with Crippen LogP contribution in [0.1, 0.15) is 37.7 Å². The summed E-state index contributed by atoms with van der Waals surface area (Å²) in [5.74, 6) is 1.33. The summed E-state index contributed by atoms with van der Waals surface area (Å²) in [5.41, 5.74) is 1.31. The molecule has 1 fully saturated rings. The number of hydrogen-bond donors (Lipinski definition) is 0. The summed E-state index contributed by atoms with van der Waals surface area (Å²) >= 11 is 2.28. The predicted molar refractivity (Wildman–Crippen MR) is 77.9 cm³/mol. The number of ether oxygens (including phenoxy) is 2. The first-order valence-electron chi connectivity index (χ1n) is 6.17. The number of halogens is 1. The van der Waals surface area contributed by atoms with Gasteiger partial charge in [-0.15, -0.1) is 0 Å². The van der Waals surface area contributed by atoms with Crippen molar-refractivity contribution in [2.75, 3.05) is 7.11 Å². The largest absolute Gasteiger partial charge is 0.496 e. The molecule has 0 bridgehead atoms. The second kappa shape index (κ2) is 5.91. The second-order valence-corrected chi connectivity index (χ2v) is 5.69. The van der Waals surface area contributed by atoms with E-state index in [1.165, 1.54) is 5.56 Å². The molecule has 1 aliphatic rings. The van der Waals surface area contributed by atoms with Gasteiger partial charge >= 0.3 is 5.97 Å². The molecule has 4 heteroatoms. The van der Waals surface area contributed by atoms with Crippen LogP contribution in [0.2, 0.25) is 0 Å². The lowest BCUT2D eigenvalue weighted by Gasteiger charge is -2.35. The third-order valence-electron chi connectivity index (χ3n) is 3.33. The van der Waals surface area contributed by atoms with Crippen LogP contribution in [0.4, 0.5) is 0 Å². The topological polar surface area (TPSA) is 35.5 Å². The number of esters is 1. The van der Waals surface area contributed by atoms with E-state index in [9.17, 15) is 4.79 Å². The fourth-order valence-corrected chi connectivity index (χ4v) is 2.90. The van der Waals surface area contributed by atoms with E-state index >= 15 is 0 Å². The van der Waals surface area contributed by atoms with Crippen molar-refractivity contribution < 1.29 is 14.3 Å². The minimum Gasteiger partial charge on any atom is -0.496 e. The molecule has 0 aromatic heterocycles. The van der Waals surface area contributed by atoms with Crippen molar-refractivity contribution in [3.63, 3.8) is 0 Å². The van der Waals surface area contributed by atoms with Crippen molar-refractivity contribution in [2.45, 2.75) is 38.2 Å². The van der Waals surface area contributed by atoms with E-state index in [2.05, 4.69) is 34.7 Å². The van der Waals surface area contributed by atoms with Crippen molar-refractivity contribution >= 4 is 28.6 Å². The summed E-state index contributed by atoms with van der Waals surface area (Å²) in [7, 11) is 1.68. The smallest absolute Gasteiger partial charge is 0.305 e. The maximum atomic E-state index is 11.2. The maximum absolute atomic E-state index is 11.2. The van der Waals surface area contributed by atoms with Gasteiger partial charge < -0.3 is 9.47 Å². The van der Waals surface area contributed by atoms with Gasteiger partial charge in [-0.3, -0.25) is 4.79 Å². The van der Waals surface area contributed by atoms with E-state index < -0.39 is 0 Å². The lowest BCUT2D eigenvalue weighted by molar-refractivity contribution is -0.153. The van der Waals surface area contributed by atoms with Crippen LogP contribution in [0, 0.1) is 3.57 Å². The Labute approximate surface area is 121 Å². The average Bonchev–Trinajstić information content (AvgIpc) is 2.32. The number of benzene rings is 1. The lowest BCUT2D eigenvalue weighted by atomic mass is 9.77. The lowest BCUT2D eigenvalue weighted by Crippen LogP contribution is -2.31. The summed E-state index contributed by atoms with van der Waals surface area (Å²) in [4.78, 5) is 11.2. The summed E-state index contributed by atoms with van der Waals surface area (Å²) in [6, 6.07) is 6.26. The van der Waals surface area contributed by atoms with Crippen LogP contribution in [-0.4, -0.2) is 19.2 Å². The van der Waals surface area contributed by atoms with Crippen LogP contribution in [0.15, 0.2) is 18.2 Å². The zero-order chi connectivity index (χ0) is 13.1. The Morgan fingerprint density at radius 3 is 2.72 bits per heavy atom. The Morgan fingerprint density at radius 1 is 1.44 bits per heavy atom. The molecule has 1 aromatic rings. The van der Waals surface area contributed by atoms with E-state index in [1.54, 1.807) is 7.11 Å². The molecule has 18 heavy (non-hydrogen) atoms. The van der Waals surface area contributed by atoms with Crippen molar-refractivity contribution in [1.82, 2.24) is 0 Å². The summed E-state index contributed by atoms with van der Waals surface area (Å²) in [6.07, 6.45) is 2.45. The number of hydrogen-bond acceptors (Lipinski definition) is 3. The van der Waals surface area contributed by atoms with Gasteiger partial charge in [0.1, 0.15) is 11.9 Å². The van der Waals surface area contributed by atoms with Gasteiger partial charge in [0.15, 0.2) is 0 Å². The molecular formula is C14H17IO3. The average molecular weight is 360 g/mol. The highest BCUT2D eigenvalue weighted by Gasteiger charge is 2.33. The van der Waals surface area contributed by atoms with Gasteiger partial charge in [-0.25, -0.2) is 0 Å². The van der Waals surface area contributed by atoms with E-state index in [4.69, 9.17) is 9.47 Å². The van der Waals surface area contributed by atoms with E-state index in [0.717, 1.165) is 22.2 Å². The Hall–Kier alpha value is -0.780. The first-order chi connectivity index (χ1) is 8.63. The predicted octanol–water partition coefficient (Wildman–Crippen LogP) is 3.50. The maximum Gasteiger partial charge on any atom is 0.305 e. The van der Waals surface area contributed by atoms with Crippen molar-refractivity contribution in [2.24, 2.45) is 0 Å². The van der Waals surface area contributed by atoms with Crippen LogP contribution in [-0.2, 0) is 9.53 Å². The molecule has 2 rings (SSSR count). The molecule has 0 amide bonds. The van der Waals surface area contributed by atoms with E-state index in [0.29, 0.717) is 12.3 Å². The molecule has 1 aliphatic carbocycles. The number of methoxy groups -OCH3 is 1. The molecule has 0 radical (unpaired) electrons. The van der Waals surface area contributed by atoms with Crippen LogP contribution < -0.4 is 4.74 Å².